The van der Waals surface area contributed by atoms with Crippen molar-refractivity contribution in [3.63, 3.8) is 0 Å². The van der Waals surface area contributed by atoms with Crippen LogP contribution >= 0.6 is 0 Å². The number of guanidine groups is 1. The standard InChI is InChI=1S/C18H38N4O2/c1-18(2,3)16(24-6)14-20-17(19-4)21-15-8-11-22(12-9-15)10-7-13-23-5/h15-16H,7-14H2,1-6H3,(H2,19,20,21). The Kier molecular flexibility index (Phi) is 9.63. The predicted octanol–water partition coefficient (Wildman–Crippen LogP) is 1.71. The maximum Gasteiger partial charge on any atom is 0.191 e. The zero-order valence-corrected chi connectivity index (χ0v) is 16.5. The quantitative estimate of drug-likeness (QED) is 0.400. The van der Waals surface area contributed by atoms with E-state index in [-0.39, 0.29) is 11.5 Å². The van der Waals surface area contributed by atoms with E-state index in [1.54, 1.807) is 14.2 Å². The molecule has 142 valence electrons. The Morgan fingerprint density at radius 1 is 1.25 bits per heavy atom. The first kappa shape index (κ1) is 21.2. The van der Waals surface area contributed by atoms with Crippen molar-refractivity contribution in [2.75, 3.05) is 54.1 Å². The van der Waals surface area contributed by atoms with Crippen molar-refractivity contribution >= 4 is 5.96 Å². The number of nitrogens with one attached hydrogen (secondary N) is 2. The number of piperidine rings is 1. The minimum atomic E-state index is 0.105. The highest BCUT2D eigenvalue weighted by Gasteiger charge is 2.25. The van der Waals surface area contributed by atoms with Gasteiger partial charge in [0.2, 0.25) is 0 Å². The average molecular weight is 343 g/mol. The number of hydrogen-bond acceptors (Lipinski definition) is 4. The summed E-state index contributed by atoms with van der Waals surface area (Å²) in [6.07, 6.45) is 3.57. The van der Waals surface area contributed by atoms with E-state index in [4.69, 9.17) is 9.47 Å². The molecular weight excluding hydrogens is 304 g/mol. The summed E-state index contributed by atoms with van der Waals surface area (Å²) < 4.78 is 10.7. The van der Waals surface area contributed by atoms with Crippen LogP contribution in [0.15, 0.2) is 4.99 Å². The minimum Gasteiger partial charge on any atom is -0.385 e. The first-order valence-electron chi connectivity index (χ1n) is 9.12. The number of rotatable bonds is 8. The number of ether oxygens (including phenoxy) is 2. The van der Waals surface area contributed by atoms with Gasteiger partial charge in [-0.15, -0.1) is 0 Å². The lowest BCUT2D eigenvalue weighted by Crippen LogP contribution is -2.51. The van der Waals surface area contributed by atoms with Gasteiger partial charge in [-0.1, -0.05) is 20.8 Å². The molecule has 6 nitrogen and oxygen atoms in total. The maximum absolute atomic E-state index is 5.60. The van der Waals surface area contributed by atoms with Gasteiger partial charge in [0.15, 0.2) is 5.96 Å². The lowest BCUT2D eigenvalue weighted by molar-refractivity contribution is 0.0204. The van der Waals surface area contributed by atoms with E-state index >= 15 is 0 Å². The van der Waals surface area contributed by atoms with Gasteiger partial charge in [0.1, 0.15) is 0 Å². The second-order valence-corrected chi connectivity index (χ2v) is 7.65. The van der Waals surface area contributed by atoms with E-state index < -0.39 is 0 Å². The van der Waals surface area contributed by atoms with Crippen molar-refractivity contribution in [3.05, 3.63) is 0 Å². The molecule has 1 saturated heterocycles. The van der Waals surface area contributed by atoms with Crippen LogP contribution in [-0.4, -0.2) is 77.1 Å². The Bertz CT molecular complexity index is 361. The fraction of sp³-hybridized carbons (Fsp3) is 0.944. The molecule has 0 bridgehead atoms. The molecule has 0 saturated carbocycles. The molecule has 1 rings (SSSR count). The summed E-state index contributed by atoms with van der Waals surface area (Å²) in [5.74, 6) is 0.874. The summed E-state index contributed by atoms with van der Waals surface area (Å²) in [4.78, 5) is 6.88. The Morgan fingerprint density at radius 2 is 1.92 bits per heavy atom. The predicted molar refractivity (Wildman–Crippen MR) is 101 cm³/mol. The molecule has 1 unspecified atom stereocenters. The molecular formula is C18H38N4O2. The molecule has 6 heteroatoms. The van der Waals surface area contributed by atoms with Gasteiger partial charge < -0.3 is 25.0 Å². The lowest BCUT2D eigenvalue weighted by atomic mass is 9.89. The van der Waals surface area contributed by atoms with Crippen molar-refractivity contribution in [1.29, 1.82) is 0 Å². The van der Waals surface area contributed by atoms with Crippen LogP contribution < -0.4 is 10.6 Å². The second kappa shape index (κ2) is 10.9. The minimum absolute atomic E-state index is 0.105. The SMILES string of the molecule is CN=C(NCC(OC)C(C)(C)C)NC1CCN(CCCOC)CC1. The highest BCUT2D eigenvalue weighted by Crippen LogP contribution is 2.21. The van der Waals surface area contributed by atoms with Crippen LogP contribution in [0.5, 0.6) is 0 Å². The topological polar surface area (TPSA) is 58.1 Å². The van der Waals surface area contributed by atoms with Crippen LogP contribution in [0, 0.1) is 5.41 Å². The van der Waals surface area contributed by atoms with Gasteiger partial charge in [-0.2, -0.15) is 0 Å². The van der Waals surface area contributed by atoms with Gasteiger partial charge in [0.05, 0.1) is 6.10 Å². The monoisotopic (exact) mass is 342 g/mol. The Morgan fingerprint density at radius 3 is 2.42 bits per heavy atom. The molecule has 1 heterocycles. The van der Waals surface area contributed by atoms with Crippen molar-refractivity contribution in [3.8, 4) is 0 Å². The largest absolute Gasteiger partial charge is 0.385 e. The van der Waals surface area contributed by atoms with E-state index in [1.165, 1.54) is 0 Å². The second-order valence-electron chi connectivity index (χ2n) is 7.65. The van der Waals surface area contributed by atoms with E-state index in [0.29, 0.717) is 6.04 Å². The summed E-state index contributed by atoms with van der Waals surface area (Å²) in [7, 11) is 5.36. The molecule has 1 aliphatic heterocycles. The third-order valence-electron chi connectivity index (χ3n) is 4.68. The molecule has 0 spiro atoms. The van der Waals surface area contributed by atoms with Gasteiger partial charge in [-0.05, 0) is 24.7 Å². The number of methoxy groups -OCH3 is 2. The summed E-state index contributed by atoms with van der Waals surface area (Å²) in [6.45, 7) is 11.6. The normalized spacial score (nSPS) is 19.3. The molecule has 2 N–H and O–H groups in total. The van der Waals surface area contributed by atoms with E-state index in [9.17, 15) is 0 Å². The molecule has 24 heavy (non-hydrogen) atoms. The summed E-state index contributed by atoms with van der Waals surface area (Å²) in [5, 5.41) is 6.97. The number of aliphatic imine (C=N–C) groups is 1. The molecule has 0 amide bonds. The Labute approximate surface area is 148 Å². The first-order valence-corrected chi connectivity index (χ1v) is 9.12. The van der Waals surface area contributed by atoms with Gasteiger partial charge >= 0.3 is 0 Å². The third kappa shape index (κ3) is 7.81. The molecule has 0 radical (unpaired) electrons. The number of hydrogen-bond donors (Lipinski definition) is 2. The highest BCUT2D eigenvalue weighted by molar-refractivity contribution is 5.80. The average Bonchev–Trinajstić information content (AvgIpc) is 2.54. The molecule has 1 fully saturated rings. The van der Waals surface area contributed by atoms with Crippen molar-refractivity contribution < 1.29 is 9.47 Å². The van der Waals surface area contributed by atoms with Gasteiger partial charge in [-0.25, -0.2) is 0 Å². The van der Waals surface area contributed by atoms with E-state index in [0.717, 1.165) is 58.0 Å². The third-order valence-corrected chi connectivity index (χ3v) is 4.68. The van der Waals surface area contributed by atoms with Crippen molar-refractivity contribution in [2.24, 2.45) is 10.4 Å². The van der Waals surface area contributed by atoms with Crippen LogP contribution in [-0.2, 0) is 9.47 Å². The smallest absolute Gasteiger partial charge is 0.191 e. The molecule has 0 aromatic rings. The van der Waals surface area contributed by atoms with E-state index in [2.05, 4.69) is 41.3 Å². The fourth-order valence-corrected chi connectivity index (χ4v) is 3.05. The maximum atomic E-state index is 5.60. The van der Waals surface area contributed by atoms with Crippen LogP contribution in [0.25, 0.3) is 0 Å². The van der Waals surface area contributed by atoms with Crippen LogP contribution in [0.4, 0.5) is 0 Å². The molecule has 0 aromatic heterocycles. The van der Waals surface area contributed by atoms with Gasteiger partial charge in [0.25, 0.3) is 0 Å². The lowest BCUT2D eigenvalue weighted by Gasteiger charge is -2.34. The van der Waals surface area contributed by atoms with Gasteiger partial charge in [0, 0.05) is 60.1 Å². The summed E-state index contributed by atoms with van der Waals surface area (Å²) >= 11 is 0. The zero-order chi connectivity index (χ0) is 18.0. The van der Waals surface area contributed by atoms with Crippen molar-refractivity contribution in [2.45, 2.75) is 52.2 Å². The highest BCUT2D eigenvalue weighted by atomic mass is 16.5. The number of nitrogens with zero attached hydrogens (tertiary/aromatic N) is 2. The van der Waals surface area contributed by atoms with Crippen molar-refractivity contribution in [1.82, 2.24) is 15.5 Å². The Hall–Kier alpha value is -0.850. The van der Waals surface area contributed by atoms with Crippen LogP contribution in [0.1, 0.15) is 40.0 Å². The summed E-state index contributed by atoms with van der Waals surface area (Å²) in [5.41, 5.74) is 0.105. The first-order chi connectivity index (χ1) is 11.4. The molecule has 0 aliphatic carbocycles. The van der Waals surface area contributed by atoms with E-state index in [1.807, 2.05) is 7.05 Å². The molecule has 0 aromatic carbocycles. The fourth-order valence-electron chi connectivity index (χ4n) is 3.05. The molecule has 1 atom stereocenters. The molecule has 1 aliphatic rings. The van der Waals surface area contributed by atoms with Gasteiger partial charge in [-0.3, -0.25) is 4.99 Å². The van der Waals surface area contributed by atoms with Crippen LogP contribution in [0.3, 0.4) is 0 Å². The number of likely N-dealkylation sites (tertiary alicyclic amines) is 1. The Balaban J connectivity index is 2.32. The van der Waals surface area contributed by atoms with Crippen LogP contribution in [0.2, 0.25) is 0 Å². The zero-order valence-electron chi connectivity index (χ0n) is 16.5. The summed E-state index contributed by atoms with van der Waals surface area (Å²) in [6, 6.07) is 0.491.